The van der Waals surface area contributed by atoms with Gasteiger partial charge in [0.15, 0.2) is 0 Å². The molecule has 0 radical (unpaired) electrons. The van der Waals surface area contributed by atoms with Crippen LogP contribution in [0.4, 0.5) is 0 Å². The van der Waals surface area contributed by atoms with E-state index < -0.39 is 0 Å². The summed E-state index contributed by atoms with van der Waals surface area (Å²) in [7, 11) is 0. The first-order valence-corrected chi connectivity index (χ1v) is 23.5. The smallest absolute Gasteiger partial charge is 0.0227 e. The SMILES string of the molecule is CCC(CC)C1CC(C(CC)CC)CC2(C1)C1CCC3C(C4C5CCCCC5CCC4C3(C)C)C1C1CC(C(C)(C)C)C3CCCCC3C12. The maximum Gasteiger partial charge on any atom is -0.0227 e. The zero-order valence-corrected chi connectivity index (χ0v) is 34.5. The minimum atomic E-state index is 0.462. The van der Waals surface area contributed by atoms with Crippen molar-refractivity contribution in [1.29, 1.82) is 0 Å². The lowest BCUT2D eigenvalue weighted by molar-refractivity contribution is -0.106. The maximum atomic E-state index is 2.84. The van der Waals surface area contributed by atoms with E-state index in [1.807, 2.05) is 0 Å². The van der Waals surface area contributed by atoms with E-state index in [4.69, 9.17) is 0 Å². The van der Waals surface area contributed by atoms with E-state index in [1.165, 1.54) is 32.1 Å². The van der Waals surface area contributed by atoms with E-state index in [0.29, 0.717) is 16.2 Å². The van der Waals surface area contributed by atoms with E-state index in [9.17, 15) is 0 Å². The van der Waals surface area contributed by atoms with Crippen LogP contribution in [0.5, 0.6) is 0 Å². The Balaban J connectivity index is 1.29. The molecule has 0 aliphatic heterocycles. The van der Waals surface area contributed by atoms with Crippen LogP contribution in [0.3, 0.4) is 0 Å². The van der Waals surface area contributed by atoms with Crippen molar-refractivity contribution in [3.8, 4) is 0 Å². The lowest BCUT2D eigenvalue weighted by Gasteiger charge is -2.59. The third-order valence-corrected chi connectivity index (χ3v) is 20.5. The van der Waals surface area contributed by atoms with Crippen LogP contribution in [0, 0.1) is 117 Å². The Morgan fingerprint density at radius 2 is 1.04 bits per heavy atom. The average Bonchev–Trinajstić information content (AvgIpc) is 3.50. The van der Waals surface area contributed by atoms with Gasteiger partial charge in [-0.3, -0.25) is 0 Å². The van der Waals surface area contributed by atoms with E-state index in [-0.39, 0.29) is 0 Å². The van der Waals surface area contributed by atoms with Crippen molar-refractivity contribution in [2.75, 3.05) is 0 Å². The van der Waals surface area contributed by atoms with Gasteiger partial charge in [0.05, 0.1) is 0 Å². The van der Waals surface area contributed by atoms with Crippen LogP contribution in [-0.4, -0.2) is 0 Å². The molecule has 49 heavy (non-hydrogen) atoms. The quantitative estimate of drug-likeness (QED) is 0.263. The van der Waals surface area contributed by atoms with Crippen LogP contribution >= 0.6 is 0 Å². The molecular weight excluding hydrogens is 589 g/mol. The molecule has 8 aliphatic rings. The summed E-state index contributed by atoms with van der Waals surface area (Å²) in [6.07, 6.45) is 31.2. The molecule has 0 aromatic heterocycles. The highest BCUT2D eigenvalue weighted by Gasteiger charge is 2.73. The summed E-state index contributed by atoms with van der Waals surface area (Å²) >= 11 is 0. The molecule has 0 heteroatoms. The summed E-state index contributed by atoms with van der Waals surface area (Å²) in [6, 6.07) is 0. The zero-order valence-electron chi connectivity index (χ0n) is 34.5. The Hall–Kier alpha value is 0. The Morgan fingerprint density at radius 3 is 1.65 bits per heavy atom. The Bertz CT molecular complexity index is 1110. The normalized spacial score (nSPS) is 50.4. The van der Waals surface area contributed by atoms with Gasteiger partial charge >= 0.3 is 0 Å². The lowest BCUT2D eigenvalue weighted by atomic mass is 9.45. The molecule has 8 fully saturated rings. The second-order valence-electron chi connectivity index (χ2n) is 22.8. The summed E-state index contributed by atoms with van der Waals surface area (Å²) < 4.78 is 0. The van der Waals surface area contributed by atoms with E-state index in [1.54, 1.807) is 96.3 Å². The molecule has 0 heterocycles. The van der Waals surface area contributed by atoms with Gasteiger partial charge in [-0.25, -0.2) is 0 Å². The molecule has 15 unspecified atom stereocenters. The first kappa shape index (κ1) is 36.0. The minimum absolute atomic E-state index is 0.462. The minimum Gasteiger partial charge on any atom is -0.0651 e. The summed E-state index contributed by atoms with van der Waals surface area (Å²) in [5.74, 6) is 17.5. The second-order valence-corrected chi connectivity index (χ2v) is 22.8. The monoisotopic (exact) mass is 673 g/mol. The summed E-state index contributed by atoms with van der Waals surface area (Å²) in [6.45, 7) is 24.0. The Kier molecular flexibility index (Phi) is 9.83. The predicted molar refractivity (Wildman–Crippen MR) is 210 cm³/mol. The third-order valence-electron chi connectivity index (χ3n) is 20.5. The second kappa shape index (κ2) is 13.4. The number of hydrogen-bond acceptors (Lipinski definition) is 0. The number of hydrogen-bond donors (Lipinski definition) is 0. The van der Waals surface area contributed by atoms with Gasteiger partial charge in [0.25, 0.3) is 0 Å². The van der Waals surface area contributed by atoms with Crippen LogP contribution < -0.4 is 0 Å². The number of rotatable bonds is 6. The van der Waals surface area contributed by atoms with Crippen LogP contribution in [0.15, 0.2) is 0 Å². The van der Waals surface area contributed by atoms with Gasteiger partial charge in [0.1, 0.15) is 0 Å². The topological polar surface area (TPSA) is 0 Å². The molecule has 0 bridgehead atoms. The zero-order chi connectivity index (χ0) is 34.5. The van der Waals surface area contributed by atoms with Gasteiger partial charge in [0, 0.05) is 0 Å². The Labute approximate surface area is 306 Å². The fourth-order valence-corrected chi connectivity index (χ4v) is 19.0. The third kappa shape index (κ3) is 5.49. The summed E-state index contributed by atoms with van der Waals surface area (Å²) in [5, 5.41) is 0. The summed E-state index contributed by atoms with van der Waals surface area (Å²) in [5.41, 5.74) is 1.69. The first-order chi connectivity index (χ1) is 23.5. The molecule has 0 saturated heterocycles. The van der Waals surface area contributed by atoms with Gasteiger partial charge in [-0.1, -0.05) is 120 Å². The average molecular weight is 673 g/mol. The maximum absolute atomic E-state index is 2.84. The predicted octanol–water partition coefficient (Wildman–Crippen LogP) is 14.5. The highest BCUT2D eigenvalue weighted by atomic mass is 14.8. The van der Waals surface area contributed by atoms with E-state index >= 15 is 0 Å². The number of fused-ring (bicyclic) bond motifs is 13. The molecule has 0 aromatic rings. The molecular formula is C49H84. The molecule has 0 nitrogen and oxygen atoms in total. The van der Waals surface area contributed by atoms with Crippen LogP contribution in [0.25, 0.3) is 0 Å². The van der Waals surface area contributed by atoms with Crippen molar-refractivity contribution in [2.45, 2.75) is 191 Å². The van der Waals surface area contributed by atoms with Gasteiger partial charge < -0.3 is 0 Å². The van der Waals surface area contributed by atoms with Crippen molar-refractivity contribution in [3.63, 3.8) is 0 Å². The molecule has 8 rings (SSSR count). The first-order valence-electron chi connectivity index (χ1n) is 23.5. The van der Waals surface area contributed by atoms with E-state index in [2.05, 4.69) is 62.3 Å². The molecule has 1 spiro atoms. The highest BCUT2D eigenvalue weighted by Crippen LogP contribution is 2.79. The summed E-state index contributed by atoms with van der Waals surface area (Å²) in [4.78, 5) is 0. The van der Waals surface area contributed by atoms with Crippen molar-refractivity contribution < 1.29 is 0 Å². The lowest BCUT2D eigenvalue weighted by Crippen LogP contribution is -2.52. The van der Waals surface area contributed by atoms with Crippen LogP contribution in [0.2, 0.25) is 0 Å². The molecule has 8 aliphatic carbocycles. The van der Waals surface area contributed by atoms with Gasteiger partial charge in [-0.2, -0.15) is 0 Å². The fourth-order valence-electron chi connectivity index (χ4n) is 19.0. The van der Waals surface area contributed by atoms with Crippen molar-refractivity contribution in [1.82, 2.24) is 0 Å². The molecule has 0 amide bonds. The highest BCUT2D eigenvalue weighted by molar-refractivity contribution is 5.21. The van der Waals surface area contributed by atoms with Gasteiger partial charge in [0.2, 0.25) is 0 Å². The standard InChI is InChI=1S/C49H84/c1-10-30(11-2)33-26-34(31(12-3)13-4)29-49(28-33)41-25-24-40-45(43-35-19-15-14-18-32(35)22-23-39(43)48(40,8)9)44(41)38-27-42(47(5,6)7)36-20-16-17-21-37(36)46(38)49/h30-46H,10-29H2,1-9H3. The molecule has 0 aromatic carbocycles. The van der Waals surface area contributed by atoms with Crippen LogP contribution in [0.1, 0.15) is 191 Å². The van der Waals surface area contributed by atoms with Crippen molar-refractivity contribution in [2.24, 2.45) is 117 Å². The fraction of sp³-hybridized carbons (Fsp3) is 1.00. The van der Waals surface area contributed by atoms with Gasteiger partial charge in [-0.05, 0) is 187 Å². The van der Waals surface area contributed by atoms with Crippen molar-refractivity contribution in [3.05, 3.63) is 0 Å². The van der Waals surface area contributed by atoms with Gasteiger partial charge in [-0.15, -0.1) is 0 Å². The Morgan fingerprint density at radius 1 is 0.531 bits per heavy atom. The largest absolute Gasteiger partial charge is 0.0651 e. The van der Waals surface area contributed by atoms with Crippen molar-refractivity contribution >= 4 is 0 Å². The molecule has 15 atom stereocenters. The molecule has 280 valence electrons. The van der Waals surface area contributed by atoms with E-state index in [0.717, 1.165) is 101 Å². The van der Waals surface area contributed by atoms with Crippen LogP contribution in [-0.2, 0) is 0 Å². The molecule has 0 N–H and O–H groups in total. The molecule has 8 saturated carbocycles.